The number of phenolic OH excluding ortho intramolecular Hbond substituents is 1. The van der Waals surface area contributed by atoms with E-state index in [0.717, 1.165) is 10.7 Å². The molecule has 3 aliphatic carbocycles. The first kappa shape index (κ1) is 33.2. The Morgan fingerprint density at radius 1 is 0.959 bits per heavy atom. The molecule has 0 saturated heterocycles. The molecule has 3 aromatic carbocycles. The van der Waals surface area contributed by atoms with Crippen LogP contribution in [0.1, 0.15) is 41.5 Å². The van der Waals surface area contributed by atoms with Crippen molar-refractivity contribution >= 4 is 35.0 Å². The number of aliphatic hydroxyl groups excluding tert-OH is 3. The van der Waals surface area contributed by atoms with Gasteiger partial charge in [-0.2, -0.15) is 5.17 Å². The highest BCUT2D eigenvalue weighted by atomic mass is 16.7. The number of benzene rings is 3. The lowest BCUT2D eigenvalue weighted by Crippen LogP contribution is -2.64. The third-order valence-electron chi connectivity index (χ3n) is 9.28. The van der Waals surface area contributed by atoms with Crippen molar-refractivity contribution in [3.05, 3.63) is 112 Å². The zero-order valence-corrected chi connectivity index (χ0v) is 26.1. The molecule has 1 saturated carbocycles. The van der Waals surface area contributed by atoms with Crippen molar-refractivity contribution in [1.29, 1.82) is 0 Å². The average molecular weight is 672 g/mol. The molecule has 0 aromatic heterocycles. The van der Waals surface area contributed by atoms with Gasteiger partial charge < -0.3 is 36.0 Å². The minimum atomic E-state index is -2.98. The summed E-state index contributed by atoms with van der Waals surface area (Å²) in [6.07, 6.45) is -3.39. The van der Waals surface area contributed by atoms with E-state index in [2.05, 4.69) is 5.43 Å². The Balaban J connectivity index is 1.44. The molecular formula is C35H33N3O11. The zero-order valence-electron chi connectivity index (χ0n) is 26.1. The summed E-state index contributed by atoms with van der Waals surface area (Å²) >= 11 is 0. The molecule has 49 heavy (non-hydrogen) atoms. The van der Waals surface area contributed by atoms with Gasteiger partial charge in [0.1, 0.15) is 36.1 Å². The number of hydrogen-bond donors (Lipinski definition) is 7. The van der Waals surface area contributed by atoms with Crippen LogP contribution in [0.15, 0.2) is 89.7 Å². The number of nitrogens with two attached hydrogens (primary N) is 1. The number of fused-ring (bicyclic) bond motifs is 3. The first-order valence-electron chi connectivity index (χ1n) is 15.3. The molecule has 0 bridgehead atoms. The zero-order chi connectivity index (χ0) is 35.2. The lowest BCUT2D eigenvalue weighted by molar-refractivity contribution is -0.160. The largest absolute Gasteiger partial charge is 0.508 e. The van der Waals surface area contributed by atoms with E-state index in [9.17, 15) is 44.7 Å². The van der Waals surface area contributed by atoms with Gasteiger partial charge in [0.15, 0.2) is 11.4 Å². The van der Waals surface area contributed by atoms with Gasteiger partial charge in [0.2, 0.25) is 5.78 Å². The van der Waals surface area contributed by atoms with Crippen LogP contribution in [0.3, 0.4) is 0 Å². The number of aliphatic hydroxyl groups is 4. The lowest BCUT2D eigenvalue weighted by Gasteiger charge is -2.50. The second kappa shape index (κ2) is 12.7. The summed E-state index contributed by atoms with van der Waals surface area (Å²) in [5.74, 6) is -10.2. The van der Waals surface area contributed by atoms with Gasteiger partial charge in [-0.1, -0.05) is 67.6 Å². The van der Waals surface area contributed by atoms with Gasteiger partial charge in [-0.25, -0.2) is 15.1 Å². The van der Waals surface area contributed by atoms with Gasteiger partial charge in [0.25, 0.3) is 5.91 Å². The minimum absolute atomic E-state index is 0.0630. The van der Waals surface area contributed by atoms with E-state index in [0.29, 0.717) is 5.56 Å². The number of carbonyl (C=O) groups is 4. The average Bonchev–Trinajstić information content (AvgIpc) is 3.08. The van der Waals surface area contributed by atoms with E-state index in [1.165, 1.54) is 12.1 Å². The first-order chi connectivity index (χ1) is 23.4. The van der Waals surface area contributed by atoms with Crippen LogP contribution in [-0.2, 0) is 37.2 Å². The van der Waals surface area contributed by atoms with Crippen LogP contribution in [0.4, 0.5) is 10.5 Å². The van der Waals surface area contributed by atoms with E-state index in [4.69, 9.17) is 15.3 Å². The van der Waals surface area contributed by atoms with Crippen molar-refractivity contribution in [2.45, 2.75) is 44.2 Å². The second-order valence-electron chi connectivity index (χ2n) is 12.1. The quantitative estimate of drug-likeness (QED) is 0.135. The van der Waals surface area contributed by atoms with Crippen LogP contribution >= 0.6 is 0 Å². The number of rotatable bonds is 8. The Morgan fingerprint density at radius 2 is 1.57 bits per heavy atom. The predicted octanol–water partition coefficient (Wildman–Crippen LogP) is 2.74. The monoisotopic (exact) mass is 671 g/mol. The fourth-order valence-electron chi connectivity index (χ4n) is 6.95. The van der Waals surface area contributed by atoms with Crippen molar-refractivity contribution in [1.82, 2.24) is 5.43 Å². The number of anilines is 1. The Labute approximate surface area is 279 Å². The molecule has 6 rings (SSSR count). The summed E-state index contributed by atoms with van der Waals surface area (Å²) in [4.78, 5) is 57.9. The summed E-state index contributed by atoms with van der Waals surface area (Å²) in [5.41, 5.74) is 4.63. The van der Waals surface area contributed by atoms with Crippen LogP contribution in [0.2, 0.25) is 0 Å². The van der Waals surface area contributed by atoms with E-state index >= 15 is 0 Å². The van der Waals surface area contributed by atoms with Gasteiger partial charge in [-0.05, 0) is 34.7 Å². The van der Waals surface area contributed by atoms with Crippen LogP contribution in [-0.4, -0.2) is 60.8 Å². The highest BCUT2D eigenvalue weighted by Gasteiger charge is 2.65. The highest BCUT2D eigenvalue weighted by molar-refractivity contribution is 6.23. The molecular weight excluding hydrogens is 638 g/mol. The molecule has 254 valence electrons. The normalized spacial score (nSPS) is 24.5. The standard InChI is InChI=1S/C35H33N3O11/c1-17-24-21(38(49-16-19-10-6-3-7-11-19)37-34(46)48-15-18-8-4-2-5-9-18)12-13-22(39)26(24)30(42)28-25(17)29(41)20-14-23(40)27(33(36)45)31(43)35(20,47)32(28)44/h2-13,17,20,25,29,39,41-43,47H,14-16H2,1H3,(H2,36,45)(H,37,46)/t17-,20+,25+,29+,35+/m0/s1. The maximum atomic E-state index is 14.0. The molecule has 0 heterocycles. The summed E-state index contributed by atoms with van der Waals surface area (Å²) in [6, 6.07) is 20.4. The summed E-state index contributed by atoms with van der Waals surface area (Å²) in [7, 11) is 0. The van der Waals surface area contributed by atoms with Crippen molar-refractivity contribution in [2.75, 3.05) is 5.17 Å². The number of ether oxygens (including phenoxy) is 1. The smallest absolute Gasteiger partial charge is 0.428 e. The maximum Gasteiger partial charge on any atom is 0.428 e. The van der Waals surface area contributed by atoms with Gasteiger partial charge in [-0.3, -0.25) is 14.4 Å². The number of nitrogens with one attached hydrogen (secondary N) is 1. The molecule has 2 amide bonds. The fourth-order valence-corrected chi connectivity index (χ4v) is 6.95. The van der Waals surface area contributed by atoms with Crippen LogP contribution < -0.4 is 16.3 Å². The SMILES string of the molecule is C[C@H]1c2c(N(NC(=O)OCc3ccccc3)OCc3ccccc3)ccc(O)c2C(O)=C2C(=O)[C@]3(O)C(O)=C(C(N)=O)C(=O)C[C@@H]3[C@@H](O)[C@@H]21. The molecule has 0 spiro atoms. The molecule has 0 unspecified atom stereocenters. The number of nitrogens with zero attached hydrogens (tertiary/aromatic N) is 1. The fraction of sp³-hybridized carbons (Fsp3) is 0.257. The van der Waals surface area contributed by atoms with E-state index in [1.807, 2.05) is 12.1 Å². The first-order valence-corrected chi connectivity index (χ1v) is 15.3. The Morgan fingerprint density at radius 3 is 2.18 bits per heavy atom. The van der Waals surface area contributed by atoms with Gasteiger partial charge in [0, 0.05) is 23.8 Å². The number of ketones is 2. The molecule has 3 aromatic rings. The molecule has 8 N–H and O–H groups in total. The number of aromatic hydroxyl groups is 1. The van der Waals surface area contributed by atoms with Crippen LogP contribution in [0.25, 0.3) is 5.76 Å². The Bertz CT molecular complexity index is 1910. The number of Topliss-reactive ketones (excluding diaryl/α,β-unsaturated/α-hetero) is 2. The maximum absolute atomic E-state index is 14.0. The molecule has 14 heteroatoms. The van der Waals surface area contributed by atoms with Crippen molar-refractivity contribution < 1.29 is 54.3 Å². The van der Waals surface area contributed by atoms with Crippen LogP contribution in [0.5, 0.6) is 5.75 Å². The van der Waals surface area contributed by atoms with E-state index in [-0.39, 0.29) is 30.0 Å². The highest BCUT2D eigenvalue weighted by Crippen LogP contribution is 2.57. The summed E-state index contributed by atoms with van der Waals surface area (Å²) < 4.78 is 5.40. The number of carbonyl (C=O) groups excluding carboxylic acids is 4. The molecule has 1 fully saturated rings. The summed E-state index contributed by atoms with van der Waals surface area (Å²) in [6.45, 7) is 1.43. The predicted molar refractivity (Wildman–Crippen MR) is 171 cm³/mol. The molecule has 3 aliphatic rings. The van der Waals surface area contributed by atoms with Crippen molar-refractivity contribution in [3.63, 3.8) is 0 Å². The van der Waals surface area contributed by atoms with Crippen molar-refractivity contribution in [3.8, 4) is 5.75 Å². The van der Waals surface area contributed by atoms with E-state index < -0.39 is 87.9 Å². The van der Waals surface area contributed by atoms with Gasteiger partial charge >= 0.3 is 6.09 Å². The Kier molecular flexibility index (Phi) is 8.62. The number of primary amides is 1. The van der Waals surface area contributed by atoms with Gasteiger partial charge in [-0.15, -0.1) is 0 Å². The topological polar surface area (TPSA) is 229 Å². The molecule has 0 aliphatic heterocycles. The molecule has 0 radical (unpaired) electrons. The van der Waals surface area contributed by atoms with Gasteiger partial charge in [0.05, 0.1) is 17.4 Å². The minimum Gasteiger partial charge on any atom is -0.508 e. The van der Waals surface area contributed by atoms with Crippen LogP contribution in [0, 0.1) is 11.8 Å². The number of hydrazine groups is 1. The molecule has 14 nitrogen and oxygen atoms in total. The Hall–Kier alpha value is -5.70. The van der Waals surface area contributed by atoms with E-state index in [1.54, 1.807) is 55.5 Å². The second-order valence-corrected chi connectivity index (χ2v) is 12.1. The lowest BCUT2D eigenvalue weighted by atomic mass is 9.55. The molecule has 5 atom stereocenters. The van der Waals surface area contributed by atoms with Crippen molar-refractivity contribution in [2.24, 2.45) is 17.6 Å². The number of amides is 2. The third-order valence-corrected chi connectivity index (χ3v) is 9.28. The number of hydrogen-bond acceptors (Lipinski definition) is 12. The number of phenols is 1. The third kappa shape index (κ3) is 5.55. The summed E-state index contributed by atoms with van der Waals surface area (Å²) in [5, 5.41) is 57.7.